The van der Waals surface area contributed by atoms with Gasteiger partial charge in [0.05, 0.1) is 11.5 Å². The zero-order chi connectivity index (χ0) is 16.6. The molecule has 1 aliphatic heterocycles. The van der Waals surface area contributed by atoms with Gasteiger partial charge in [-0.3, -0.25) is 14.9 Å². The first-order chi connectivity index (χ1) is 11.0. The highest BCUT2D eigenvalue weighted by Crippen LogP contribution is 2.33. The molecule has 0 saturated heterocycles. The van der Waals surface area contributed by atoms with Crippen LogP contribution in [0.3, 0.4) is 0 Å². The van der Waals surface area contributed by atoms with Crippen molar-refractivity contribution in [2.24, 2.45) is 0 Å². The molecule has 0 atom stereocenters. The van der Waals surface area contributed by atoms with E-state index in [1.807, 2.05) is 0 Å². The summed E-state index contributed by atoms with van der Waals surface area (Å²) in [7, 11) is 0. The molecule has 1 heterocycles. The van der Waals surface area contributed by atoms with Crippen LogP contribution in [0.5, 0.6) is 0 Å². The smallest absolute Gasteiger partial charge is 0.269 e. The van der Waals surface area contributed by atoms with Gasteiger partial charge in [-0.1, -0.05) is 17.7 Å². The van der Waals surface area contributed by atoms with Gasteiger partial charge in [-0.05, 0) is 30.2 Å². The van der Waals surface area contributed by atoms with Crippen LogP contribution in [0.25, 0.3) is 0 Å². The normalized spacial score (nSPS) is 13.8. The molecule has 0 radical (unpaired) electrons. The summed E-state index contributed by atoms with van der Waals surface area (Å²) in [6, 6.07) is 8.67. The van der Waals surface area contributed by atoms with E-state index in [-0.39, 0.29) is 35.1 Å². The minimum atomic E-state index is -0.487. The Hall–Kier alpha value is -2.47. The Labute approximate surface area is 136 Å². The average Bonchev–Trinajstić information content (AvgIpc) is 2.52. The van der Waals surface area contributed by atoms with Crippen LogP contribution in [0.15, 0.2) is 36.4 Å². The summed E-state index contributed by atoms with van der Waals surface area (Å²) in [5, 5.41) is 11.1. The summed E-state index contributed by atoms with van der Waals surface area (Å²) in [5.41, 5.74) is 1.47. The Balaban J connectivity index is 2.01. The number of aryl methyl sites for hydroxylation is 1. The van der Waals surface area contributed by atoms with E-state index in [1.165, 1.54) is 35.2 Å². The number of nitro groups is 1. The molecule has 7 heteroatoms. The van der Waals surface area contributed by atoms with Gasteiger partial charge in [-0.2, -0.15) is 0 Å². The Morgan fingerprint density at radius 3 is 2.74 bits per heavy atom. The lowest BCUT2D eigenvalue weighted by atomic mass is 9.99. The maximum absolute atomic E-state index is 14.0. The number of nitrogens with zero attached hydrogens (tertiary/aromatic N) is 2. The summed E-state index contributed by atoms with van der Waals surface area (Å²) in [4.78, 5) is 24.0. The molecule has 0 aromatic heterocycles. The van der Waals surface area contributed by atoms with Crippen LogP contribution in [0.4, 0.5) is 15.8 Å². The number of halogens is 2. The molecular weight excluding hydrogens is 323 g/mol. The predicted molar refractivity (Wildman–Crippen MR) is 84.0 cm³/mol. The van der Waals surface area contributed by atoms with Crippen molar-refractivity contribution in [2.45, 2.75) is 19.4 Å². The van der Waals surface area contributed by atoms with Gasteiger partial charge in [0.25, 0.3) is 5.69 Å². The fourth-order valence-corrected chi connectivity index (χ4v) is 2.90. The van der Waals surface area contributed by atoms with Gasteiger partial charge in [0.2, 0.25) is 5.91 Å². The third-order valence-electron chi connectivity index (χ3n) is 3.85. The van der Waals surface area contributed by atoms with Crippen molar-refractivity contribution in [3.63, 3.8) is 0 Å². The third kappa shape index (κ3) is 2.90. The van der Waals surface area contributed by atoms with Crippen LogP contribution >= 0.6 is 11.6 Å². The van der Waals surface area contributed by atoms with Crippen molar-refractivity contribution < 1.29 is 14.1 Å². The van der Waals surface area contributed by atoms with E-state index in [0.29, 0.717) is 17.7 Å². The Bertz CT molecular complexity index is 790. The quantitative estimate of drug-likeness (QED) is 0.632. The first kappa shape index (κ1) is 15.4. The molecule has 5 nitrogen and oxygen atoms in total. The molecule has 0 bridgehead atoms. The van der Waals surface area contributed by atoms with Gasteiger partial charge < -0.3 is 4.90 Å². The maximum Gasteiger partial charge on any atom is 0.269 e. The number of hydrogen-bond acceptors (Lipinski definition) is 3. The molecule has 0 spiro atoms. The lowest BCUT2D eigenvalue weighted by Crippen LogP contribution is -2.35. The highest BCUT2D eigenvalue weighted by molar-refractivity contribution is 6.31. The number of benzene rings is 2. The van der Waals surface area contributed by atoms with E-state index in [9.17, 15) is 19.3 Å². The number of hydrogen-bond donors (Lipinski definition) is 0. The van der Waals surface area contributed by atoms with E-state index in [2.05, 4.69) is 0 Å². The summed E-state index contributed by atoms with van der Waals surface area (Å²) in [6.45, 7) is -0.00481. The van der Waals surface area contributed by atoms with Crippen LogP contribution in [0, 0.1) is 15.9 Å². The number of amides is 1. The maximum atomic E-state index is 14.0. The molecule has 23 heavy (non-hydrogen) atoms. The molecule has 0 saturated carbocycles. The van der Waals surface area contributed by atoms with Crippen LogP contribution < -0.4 is 4.90 Å². The molecule has 2 aromatic carbocycles. The molecule has 1 amide bonds. The second-order valence-electron chi connectivity index (χ2n) is 5.25. The Morgan fingerprint density at radius 1 is 1.26 bits per heavy atom. The minimum absolute atomic E-state index is 0.00481. The largest absolute Gasteiger partial charge is 0.308 e. The lowest BCUT2D eigenvalue weighted by Gasteiger charge is -2.29. The number of carbonyl (C=O) groups excluding carboxylic acids is 1. The van der Waals surface area contributed by atoms with Crippen LogP contribution in [-0.4, -0.2) is 10.8 Å². The van der Waals surface area contributed by atoms with E-state index in [4.69, 9.17) is 11.6 Å². The number of carbonyl (C=O) groups is 1. The molecule has 0 fully saturated rings. The van der Waals surface area contributed by atoms with Gasteiger partial charge in [0, 0.05) is 34.8 Å². The molecule has 2 aromatic rings. The molecule has 0 N–H and O–H groups in total. The Kier molecular flexibility index (Phi) is 4.00. The van der Waals surface area contributed by atoms with E-state index >= 15 is 0 Å². The van der Waals surface area contributed by atoms with Crippen molar-refractivity contribution in [3.05, 3.63) is 68.5 Å². The molecule has 0 unspecified atom stereocenters. The summed E-state index contributed by atoms with van der Waals surface area (Å²) < 4.78 is 14.0. The summed E-state index contributed by atoms with van der Waals surface area (Å²) >= 11 is 6.02. The predicted octanol–water partition coefficient (Wildman–Crippen LogP) is 3.87. The minimum Gasteiger partial charge on any atom is -0.308 e. The number of anilines is 1. The molecule has 3 rings (SSSR count). The van der Waals surface area contributed by atoms with Crippen molar-refractivity contribution in [1.29, 1.82) is 0 Å². The van der Waals surface area contributed by atoms with Gasteiger partial charge in [-0.15, -0.1) is 0 Å². The fourth-order valence-electron chi connectivity index (χ4n) is 2.67. The van der Waals surface area contributed by atoms with Crippen molar-refractivity contribution >= 4 is 28.9 Å². The first-order valence-electron chi connectivity index (χ1n) is 6.98. The third-order valence-corrected chi connectivity index (χ3v) is 4.21. The monoisotopic (exact) mass is 334 g/mol. The van der Waals surface area contributed by atoms with Crippen molar-refractivity contribution in [2.75, 3.05) is 4.90 Å². The van der Waals surface area contributed by atoms with Crippen LogP contribution in [0.1, 0.15) is 17.5 Å². The van der Waals surface area contributed by atoms with Crippen LogP contribution in [0.2, 0.25) is 5.02 Å². The number of fused-ring (bicyclic) bond motifs is 1. The topological polar surface area (TPSA) is 63.4 Å². The second-order valence-corrected chi connectivity index (χ2v) is 5.66. The van der Waals surface area contributed by atoms with Crippen LogP contribution in [-0.2, 0) is 17.8 Å². The molecule has 0 aliphatic carbocycles. The lowest BCUT2D eigenvalue weighted by molar-refractivity contribution is -0.384. The molecule has 1 aliphatic rings. The van der Waals surface area contributed by atoms with E-state index in [0.717, 1.165) is 0 Å². The summed E-state index contributed by atoms with van der Waals surface area (Å²) in [5.74, 6) is -0.648. The van der Waals surface area contributed by atoms with Gasteiger partial charge in [-0.25, -0.2) is 4.39 Å². The molecule has 118 valence electrons. The highest BCUT2D eigenvalue weighted by Gasteiger charge is 2.27. The highest BCUT2D eigenvalue weighted by atomic mass is 35.5. The SMILES string of the molecule is O=C1CCc2cc([N+](=O)[O-])ccc2N1Cc1c(F)cccc1Cl. The number of rotatable bonds is 3. The number of nitro benzene ring substituents is 1. The zero-order valence-electron chi connectivity index (χ0n) is 12.0. The fraction of sp³-hybridized carbons (Fsp3) is 0.188. The first-order valence-corrected chi connectivity index (χ1v) is 7.35. The standard InChI is InChI=1S/C16H12ClFN2O3/c17-13-2-1-3-14(18)12(13)9-19-15-6-5-11(20(22)23)8-10(15)4-7-16(19)21/h1-3,5-6,8H,4,7,9H2. The van der Waals surface area contributed by atoms with Crippen molar-refractivity contribution in [1.82, 2.24) is 0 Å². The van der Waals surface area contributed by atoms with Gasteiger partial charge in [0.1, 0.15) is 5.82 Å². The van der Waals surface area contributed by atoms with Crippen molar-refractivity contribution in [3.8, 4) is 0 Å². The van der Waals surface area contributed by atoms with E-state index < -0.39 is 10.7 Å². The average molecular weight is 335 g/mol. The summed E-state index contributed by atoms with van der Waals surface area (Å²) in [6.07, 6.45) is 0.650. The second kappa shape index (κ2) is 5.96. The Morgan fingerprint density at radius 2 is 2.04 bits per heavy atom. The van der Waals surface area contributed by atoms with Gasteiger partial charge in [0.15, 0.2) is 0 Å². The zero-order valence-corrected chi connectivity index (χ0v) is 12.7. The van der Waals surface area contributed by atoms with Gasteiger partial charge >= 0.3 is 0 Å². The molecular formula is C16H12ClFN2O3. The van der Waals surface area contributed by atoms with E-state index in [1.54, 1.807) is 6.07 Å². The number of non-ortho nitro benzene ring substituents is 1.